The molecule has 6 nitrogen and oxygen atoms in total. The van der Waals surface area contributed by atoms with E-state index in [9.17, 15) is 4.79 Å². The number of hydrogen-bond acceptors (Lipinski definition) is 4. The Kier molecular flexibility index (Phi) is 3.80. The van der Waals surface area contributed by atoms with E-state index in [1.165, 1.54) is 0 Å². The van der Waals surface area contributed by atoms with Crippen LogP contribution in [0.1, 0.15) is 24.1 Å². The Morgan fingerprint density at radius 3 is 2.79 bits per heavy atom. The summed E-state index contributed by atoms with van der Waals surface area (Å²) in [5.41, 5.74) is 7.83. The molecule has 0 radical (unpaired) electrons. The maximum Gasteiger partial charge on any atom is 0.244 e. The Hall–Kier alpha value is -1.56. The van der Waals surface area contributed by atoms with Gasteiger partial charge in [-0.3, -0.25) is 9.48 Å². The number of amides is 1. The highest BCUT2D eigenvalue weighted by molar-refractivity contribution is 5.85. The van der Waals surface area contributed by atoms with E-state index >= 15 is 0 Å². The molecule has 2 rings (SSSR count). The Bertz CT molecular complexity index is 480. The highest BCUT2D eigenvalue weighted by Crippen LogP contribution is 2.30. The SMILES string of the molecule is Cc1nn(C)c(N2CCCC2C(=O)N(C)C)c1CN. The lowest BCUT2D eigenvalue weighted by Crippen LogP contribution is -2.43. The summed E-state index contributed by atoms with van der Waals surface area (Å²) in [5, 5.41) is 4.44. The number of nitrogens with zero attached hydrogens (tertiary/aromatic N) is 4. The predicted molar refractivity (Wildman–Crippen MR) is 74.9 cm³/mol. The number of nitrogens with two attached hydrogens (primary N) is 1. The largest absolute Gasteiger partial charge is 0.347 e. The van der Waals surface area contributed by atoms with Gasteiger partial charge in [0, 0.05) is 39.8 Å². The third kappa shape index (κ3) is 2.32. The van der Waals surface area contributed by atoms with Crippen LogP contribution in [0.2, 0.25) is 0 Å². The lowest BCUT2D eigenvalue weighted by atomic mass is 10.1. The van der Waals surface area contributed by atoms with E-state index in [2.05, 4.69) is 10.00 Å². The van der Waals surface area contributed by atoms with Gasteiger partial charge in [-0.15, -0.1) is 0 Å². The third-order valence-corrected chi connectivity index (χ3v) is 3.77. The zero-order chi connectivity index (χ0) is 14.2. The number of aromatic nitrogens is 2. The molecule has 1 fully saturated rings. The number of rotatable bonds is 3. The molecule has 1 aliphatic heterocycles. The Morgan fingerprint density at radius 1 is 1.53 bits per heavy atom. The van der Waals surface area contributed by atoms with Crippen molar-refractivity contribution in [2.45, 2.75) is 32.4 Å². The van der Waals surface area contributed by atoms with Gasteiger partial charge in [0.15, 0.2) is 0 Å². The highest BCUT2D eigenvalue weighted by atomic mass is 16.2. The predicted octanol–water partition coefficient (Wildman–Crippen LogP) is 0.244. The number of hydrogen-bond donors (Lipinski definition) is 1. The Morgan fingerprint density at radius 2 is 2.21 bits per heavy atom. The molecule has 6 heteroatoms. The number of anilines is 1. The first-order chi connectivity index (χ1) is 8.97. The fraction of sp³-hybridized carbons (Fsp3) is 0.692. The van der Waals surface area contributed by atoms with Gasteiger partial charge in [0.05, 0.1) is 5.69 Å². The third-order valence-electron chi connectivity index (χ3n) is 3.77. The molecular weight excluding hydrogens is 242 g/mol. The number of carbonyl (C=O) groups is 1. The van der Waals surface area contributed by atoms with E-state index in [1.54, 1.807) is 19.0 Å². The van der Waals surface area contributed by atoms with Crippen LogP contribution < -0.4 is 10.6 Å². The quantitative estimate of drug-likeness (QED) is 0.850. The summed E-state index contributed by atoms with van der Waals surface area (Å²) in [4.78, 5) is 16.1. The standard InChI is InChI=1S/C13H23N5O/c1-9-10(8-14)12(17(4)15-9)18-7-5-6-11(18)13(19)16(2)3/h11H,5-8,14H2,1-4H3. The first-order valence-corrected chi connectivity index (χ1v) is 6.67. The smallest absolute Gasteiger partial charge is 0.244 e. The second-order valence-corrected chi connectivity index (χ2v) is 5.30. The molecule has 1 amide bonds. The lowest BCUT2D eigenvalue weighted by molar-refractivity contribution is -0.129. The van der Waals surface area contributed by atoms with E-state index in [-0.39, 0.29) is 11.9 Å². The van der Waals surface area contributed by atoms with Crippen LogP contribution >= 0.6 is 0 Å². The van der Waals surface area contributed by atoms with Gasteiger partial charge >= 0.3 is 0 Å². The molecule has 0 saturated carbocycles. The minimum Gasteiger partial charge on any atom is -0.347 e. The van der Waals surface area contributed by atoms with Crippen molar-refractivity contribution in [1.82, 2.24) is 14.7 Å². The summed E-state index contributed by atoms with van der Waals surface area (Å²) in [5.74, 6) is 1.15. The summed E-state index contributed by atoms with van der Waals surface area (Å²) in [7, 11) is 5.52. The van der Waals surface area contributed by atoms with E-state index in [0.717, 1.165) is 36.5 Å². The van der Waals surface area contributed by atoms with Gasteiger partial charge in [0.25, 0.3) is 0 Å². The number of carbonyl (C=O) groups excluding carboxylic acids is 1. The second-order valence-electron chi connectivity index (χ2n) is 5.30. The monoisotopic (exact) mass is 265 g/mol. The van der Waals surface area contributed by atoms with Crippen LogP contribution in [0.3, 0.4) is 0 Å². The maximum atomic E-state index is 12.3. The molecule has 1 aliphatic rings. The summed E-state index contributed by atoms with van der Waals surface area (Å²) < 4.78 is 1.85. The lowest BCUT2D eigenvalue weighted by Gasteiger charge is -2.28. The van der Waals surface area contributed by atoms with Crippen LogP contribution in [0.15, 0.2) is 0 Å². The summed E-state index contributed by atoms with van der Waals surface area (Å²) in [6.07, 6.45) is 1.92. The van der Waals surface area contributed by atoms with Crippen LogP contribution in [-0.2, 0) is 18.4 Å². The van der Waals surface area contributed by atoms with E-state index < -0.39 is 0 Å². The number of aryl methyl sites for hydroxylation is 2. The zero-order valence-electron chi connectivity index (χ0n) is 12.2. The molecule has 0 aromatic carbocycles. The molecule has 1 aromatic rings. The van der Waals surface area contributed by atoms with Crippen LogP contribution in [-0.4, -0.2) is 47.3 Å². The van der Waals surface area contributed by atoms with Gasteiger partial charge in [-0.25, -0.2) is 0 Å². The van der Waals surface area contributed by atoms with Crippen LogP contribution in [0.25, 0.3) is 0 Å². The van der Waals surface area contributed by atoms with Crippen LogP contribution in [0.5, 0.6) is 0 Å². The molecule has 1 saturated heterocycles. The fourth-order valence-corrected chi connectivity index (χ4v) is 2.86. The summed E-state index contributed by atoms with van der Waals surface area (Å²) >= 11 is 0. The molecule has 2 heterocycles. The first kappa shape index (κ1) is 13.9. The Balaban J connectivity index is 2.38. The first-order valence-electron chi connectivity index (χ1n) is 6.67. The molecule has 0 bridgehead atoms. The topological polar surface area (TPSA) is 67.4 Å². The average Bonchev–Trinajstić information content (AvgIpc) is 2.91. The minimum atomic E-state index is -0.0879. The molecule has 1 unspecified atom stereocenters. The van der Waals surface area contributed by atoms with Crippen molar-refractivity contribution < 1.29 is 4.79 Å². The summed E-state index contributed by atoms with van der Waals surface area (Å²) in [6, 6.07) is -0.0879. The molecule has 1 aromatic heterocycles. The molecule has 0 spiro atoms. The van der Waals surface area contributed by atoms with Crippen molar-refractivity contribution >= 4 is 11.7 Å². The van der Waals surface area contributed by atoms with E-state index in [1.807, 2.05) is 18.7 Å². The van der Waals surface area contributed by atoms with Gasteiger partial charge in [0.2, 0.25) is 5.91 Å². The number of likely N-dealkylation sites (N-methyl/N-ethyl adjacent to an activating group) is 1. The van der Waals surface area contributed by atoms with Gasteiger partial charge in [-0.1, -0.05) is 0 Å². The second kappa shape index (κ2) is 5.21. The zero-order valence-corrected chi connectivity index (χ0v) is 12.2. The van der Waals surface area contributed by atoms with Crippen molar-refractivity contribution in [2.75, 3.05) is 25.5 Å². The van der Waals surface area contributed by atoms with Gasteiger partial charge in [-0.2, -0.15) is 5.10 Å². The van der Waals surface area contributed by atoms with Crippen molar-refractivity contribution in [2.24, 2.45) is 12.8 Å². The molecule has 19 heavy (non-hydrogen) atoms. The fourth-order valence-electron chi connectivity index (χ4n) is 2.86. The molecule has 106 valence electrons. The molecule has 0 aliphatic carbocycles. The van der Waals surface area contributed by atoms with Crippen molar-refractivity contribution in [3.8, 4) is 0 Å². The Labute approximate surface area is 114 Å². The minimum absolute atomic E-state index is 0.0879. The van der Waals surface area contributed by atoms with Crippen molar-refractivity contribution in [3.63, 3.8) is 0 Å². The van der Waals surface area contributed by atoms with Crippen molar-refractivity contribution in [3.05, 3.63) is 11.3 Å². The summed E-state index contributed by atoms with van der Waals surface area (Å²) in [6.45, 7) is 3.30. The van der Waals surface area contributed by atoms with E-state index in [0.29, 0.717) is 6.54 Å². The van der Waals surface area contributed by atoms with Crippen LogP contribution in [0.4, 0.5) is 5.82 Å². The molecule has 2 N–H and O–H groups in total. The molecule has 1 atom stereocenters. The highest BCUT2D eigenvalue weighted by Gasteiger charge is 2.34. The molecular formula is C13H23N5O. The van der Waals surface area contributed by atoms with Gasteiger partial charge in [0.1, 0.15) is 11.9 Å². The van der Waals surface area contributed by atoms with Crippen molar-refractivity contribution in [1.29, 1.82) is 0 Å². The average molecular weight is 265 g/mol. The normalized spacial score (nSPS) is 19.0. The van der Waals surface area contributed by atoms with Gasteiger partial charge < -0.3 is 15.5 Å². The van der Waals surface area contributed by atoms with Crippen LogP contribution in [0, 0.1) is 6.92 Å². The van der Waals surface area contributed by atoms with E-state index in [4.69, 9.17) is 5.73 Å². The van der Waals surface area contributed by atoms with Gasteiger partial charge in [-0.05, 0) is 19.8 Å². The maximum absolute atomic E-state index is 12.3.